The van der Waals surface area contributed by atoms with E-state index in [2.05, 4.69) is 46.4 Å². The lowest BCUT2D eigenvalue weighted by atomic mass is 10.1. The van der Waals surface area contributed by atoms with Crippen molar-refractivity contribution in [3.05, 3.63) is 48.0 Å². The number of nitrogens with zero attached hydrogens (tertiary/aromatic N) is 2. The van der Waals surface area contributed by atoms with Gasteiger partial charge >= 0.3 is 0 Å². The maximum atomic E-state index is 6.07. The molecule has 1 atom stereocenters. The molecule has 0 fully saturated rings. The van der Waals surface area contributed by atoms with Crippen molar-refractivity contribution in [2.45, 2.75) is 25.8 Å². The second-order valence-corrected chi connectivity index (χ2v) is 6.98. The van der Waals surface area contributed by atoms with Gasteiger partial charge in [0.2, 0.25) is 0 Å². The van der Waals surface area contributed by atoms with Crippen LogP contribution >= 0.6 is 0 Å². The summed E-state index contributed by atoms with van der Waals surface area (Å²) in [6.07, 6.45) is 1.98. The molecule has 0 bridgehead atoms. The van der Waals surface area contributed by atoms with Crippen LogP contribution in [-0.2, 0) is 6.42 Å². The summed E-state index contributed by atoms with van der Waals surface area (Å²) >= 11 is 0. The Balaban J connectivity index is 1.36. The number of fused-ring (bicyclic) bond motifs is 2. The first-order chi connectivity index (χ1) is 13.2. The number of nitrogens with one attached hydrogen (secondary N) is 1. The summed E-state index contributed by atoms with van der Waals surface area (Å²) in [5, 5.41) is 3.14. The lowest BCUT2D eigenvalue weighted by Crippen LogP contribution is -2.32. The number of rotatable bonds is 4. The molecule has 0 saturated carbocycles. The highest BCUT2D eigenvalue weighted by Gasteiger charge is 2.24. The van der Waals surface area contributed by atoms with Crippen LogP contribution < -0.4 is 25.4 Å². The Morgan fingerprint density at radius 2 is 2.00 bits per heavy atom. The Hall–Kier alpha value is -2.89. The van der Waals surface area contributed by atoms with Crippen molar-refractivity contribution in [1.82, 2.24) is 0 Å². The highest BCUT2D eigenvalue weighted by Crippen LogP contribution is 2.32. The minimum Gasteiger partial charge on any atom is -0.490 e. The maximum Gasteiger partial charge on any atom is 0.193 e. The largest absolute Gasteiger partial charge is 0.490 e. The Morgan fingerprint density at radius 3 is 2.89 bits per heavy atom. The van der Waals surface area contributed by atoms with Crippen molar-refractivity contribution in [3.8, 4) is 11.5 Å². The first kappa shape index (κ1) is 17.5. The fourth-order valence-corrected chi connectivity index (χ4v) is 3.68. The molecule has 0 spiro atoms. The van der Waals surface area contributed by atoms with E-state index in [1.54, 1.807) is 0 Å². The lowest BCUT2D eigenvalue weighted by molar-refractivity contribution is 0.297. The Kier molecular flexibility index (Phi) is 5.05. The zero-order valence-electron chi connectivity index (χ0n) is 15.6. The van der Waals surface area contributed by atoms with E-state index in [1.165, 1.54) is 11.3 Å². The maximum absolute atomic E-state index is 6.07. The van der Waals surface area contributed by atoms with Crippen molar-refractivity contribution >= 4 is 17.3 Å². The van der Waals surface area contributed by atoms with Crippen molar-refractivity contribution in [2.24, 2.45) is 10.7 Å². The predicted molar refractivity (Wildman–Crippen MR) is 109 cm³/mol. The Labute approximate surface area is 160 Å². The van der Waals surface area contributed by atoms with Crippen LogP contribution in [0.3, 0.4) is 0 Å². The van der Waals surface area contributed by atoms with Crippen LogP contribution in [0.25, 0.3) is 0 Å². The molecule has 142 valence electrons. The number of anilines is 2. The van der Waals surface area contributed by atoms with E-state index in [1.807, 2.05) is 18.2 Å². The van der Waals surface area contributed by atoms with E-state index >= 15 is 0 Å². The lowest BCUT2D eigenvalue weighted by Gasteiger charge is -2.24. The van der Waals surface area contributed by atoms with Crippen LogP contribution in [0.15, 0.2) is 47.5 Å². The van der Waals surface area contributed by atoms with Crippen LogP contribution in [0.2, 0.25) is 0 Å². The average Bonchev–Trinajstić information content (AvgIpc) is 2.83. The van der Waals surface area contributed by atoms with Crippen molar-refractivity contribution < 1.29 is 9.47 Å². The van der Waals surface area contributed by atoms with Gasteiger partial charge in [0.15, 0.2) is 17.5 Å². The molecule has 2 aliphatic rings. The number of benzene rings is 2. The fraction of sp³-hybridized carbons (Fsp3) is 0.381. The molecule has 4 rings (SSSR count). The quantitative estimate of drug-likeness (QED) is 0.643. The van der Waals surface area contributed by atoms with Gasteiger partial charge in [-0.3, -0.25) is 4.99 Å². The molecule has 0 saturated heterocycles. The summed E-state index contributed by atoms with van der Waals surface area (Å²) in [5.74, 6) is 1.92. The molecule has 0 amide bonds. The van der Waals surface area contributed by atoms with Gasteiger partial charge in [-0.2, -0.15) is 0 Å². The number of hydrogen-bond acceptors (Lipinski definition) is 4. The molecule has 6 nitrogen and oxygen atoms in total. The van der Waals surface area contributed by atoms with Crippen LogP contribution in [0, 0.1) is 0 Å². The van der Waals surface area contributed by atoms with Gasteiger partial charge in [-0.25, -0.2) is 0 Å². The summed E-state index contributed by atoms with van der Waals surface area (Å²) in [6.45, 7) is 5.09. The molecular formula is C21H26N4O2. The van der Waals surface area contributed by atoms with E-state index in [4.69, 9.17) is 15.2 Å². The highest BCUT2D eigenvalue weighted by atomic mass is 16.5. The van der Waals surface area contributed by atoms with Gasteiger partial charge in [0.05, 0.1) is 19.8 Å². The molecule has 6 heteroatoms. The van der Waals surface area contributed by atoms with Crippen molar-refractivity contribution in [2.75, 3.05) is 36.5 Å². The van der Waals surface area contributed by atoms with E-state index in [9.17, 15) is 0 Å². The van der Waals surface area contributed by atoms with Gasteiger partial charge in [0.25, 0.3) is 0 Å². The number of guanidine groups is 1. The average molecular weight is 366 g/mol. The zero-order valence-corrected chi connectivity index (χ0v) is 15.6. The number of nitrogens with two attached hydrogens (primary N) is 1. The fourth-order valence-electron chi connectivity index (χ4n) is 3.68. The Morgan fingerprint density at radius 1 is 1.19 bits per heavy atom. The molecule has 2 aromatic carbocycles. The van der Waals surface area contributed by atoms with Crippen LogP contribution in [0.4, 0.5) is 11.4 Å². The van der Waals surface area contributed by atoms with Gasteiger partial charge in [-0.1, -0.05) is 18.2 Å². The summed E-state index contributed by atoms with van der Waals surface area (Å²) in [7, 11) is 0. The zero-order chi connectivity index (χ0) is 18.6. The third kappa shape index (κ3) is 3.94. The van der Waals surface area contributed by atoms with Gasteiger partial charge in [-0.05, 0) is 37.1 Å². The predicted octanol–water partition coefficient (Wildman–Crippen LogP) is 3.03. The SMILES string of the molecule is CC1Cc2ccccc2N1CCN=C(N)Nc1ccc2c(c1)OCCCO2. The molecule has 0 radical (unpaired) electrons. The van der Waals surface area contributed by atoms with Crippen LogP contribution in [-0.4, -0.2) is 38.3 Å². The summed E-state index contributed by atoms with van der Waals surface area (Å²) in [6, 6.07) is 14.8. The molecule has 3 N–H and O–H groups in total. The molecule has 1 unspecified atom stereocenters. The van der Waals surface area contributed by atoms with Crippen molar-refractivity contribution in [3.63, 3.8) is 0 Å². The monoisotopic (exact) mass is 366 g/mol. The number of hydrogen-bond donors (Lipinski definition) is 2. The third-order valence-electron chi connectivity index (χ3n) is 4.99. The van der Waals surface area contributed by atoms with Gasteiger partial charge < -0.3 is 25.4 Å². The smallest absolute Gasteiger partial charge is 0.193 e. The second-order valence-electron chi connectivity index (χ2n) is 6.98. The minimum atomic E-state index is 0.407. The number of para-hydroxylation sites is 1. The van der Waals surface area contributed by atoms with E-state index in [0.717, 1.165) is 36.6 Å². The van der Waals surface area contributed by atoms with E-state index in [-0.39, 0.29) is 0 Å². The number of aliphatic imine (C=N–C) groups is 1. The molecule has 0 aromatic heterocycles. The first-order valence-electron chi connectivity index (χ1n) is 9.52. The Bertz CT molecular complexity index is 837. The second kappa shape index (κ2) is 7.78. The molecule has 27 heavy (non-hydrogen) atoms. The van der Waals surface area contributed by atoms with Gasteiger partial charge in [0, 0.05) is 36.4 Å². The summed E-state index contributed by atoms with van der Waals surface area (Å²) in [4.78, 5) is 6.89. The van der Waals surface area contributed by atoms with Crippen LogP contribution in [0.5, 0.6) is 11.5 Å². The molecule has 2 heterocycles. The number of ether oxygens (including phenoxy) is 2. The third-order valence-corrected chi connectivity index (χ3v) is 4.99. The van der Waals surface area contributed by atoms with E-state index < -0.39 is 0 Å². The molecule has 2 aliphatic heterocycles. The van der Waals surface area contributed by atoms with Gasteiger partial charge in [-0.15, -0.1) is 0 Å². The molecule has 2 aromatic rings. The van der Waals surface area contributed by atoms with Crippen molar-refractivity contribution in [1.29, 1.82) is 0 Å². The van der Waals surface area contributed by atoms with E-state index in [0.29, 0.717) is 31.8 Å². The molecule has 0 aliphatic carbocycles. The summed E-state index contributed by atoms with van der Waals surface area (Å²) < 4.78 is 11.4. The molecular weight excluding hydrogens is 340 g/mol. The minimum absolute atomic E-state index is 0.407. The standard InChI is InChI=1S/C21H26N4O2/c1-15-13-16-5-2-3-6-18(16)25(15)10-9-23-21(22)24-17-7-8-19-20(14-17)27-12-4-11-26-19/h2-3,5-8,14-15H,4,9-13H2,1H3,(H3,22,23,24). The van der Waals surface area contributed by atoms with Gasteiger partial charge in [0.1, 0.15) is 0 Å². The summed E-state index contributed by atoms with van der Waals surface area (Å²) in [5.41, 5.74) is 9.65. The highest BCUT2D eigenvalue weighted by molar-refractivity contribution is 5.92. The topological polar surface area (TPSA) is 72.1 Å². The van der Waals surface area contributed by atoms with Crippen LogP contribution in [0.1, 0.15) is 18.9 Å². The first-order valence-corrected chi connectivity index (χ1v) is 9.52. The normalized spacial score (nSPS) is 18.8.